The Hall–Kier alpha value is -0.740. The van der Waals surface area contributed by atoms with E-state index in [1.807, 2.05) is 0 Å². The predicted molar refractivity (Wildman–Crippen MR) is 31.6 cm³/mol. The summed E-state index contributed by atoms with van der Waals surface area (Å²) in [5.41, 5.74) is 0. The number of rotatable bonds is 2. The Bertz CT molecular complexity index is 155. The fourth-order valence-corrected chi connectivity index (χ4v) is 0.920. The van der Waals surface area contributed by atoms with Crippen LogP contribution in [0.4, 0.5) is 0 Å². The van der Waals surface area contributed by atoms with E-state index >= 15 is 0 Å². The average Bonchev–Trinajstić information content (AvgIpc) is 1.97. The van der Waals surface area contributed by atoms with Gasteiger partial charge in [-0.2, -0.15) is 0 Å². The van der Waals surface area contributed by atoms with Crippen LogP contribution in [0.3, 0.4) is 0 Å². The number of carbonyl (C=O) groups excluding carboxylic acids is 2. The highest BCUT2D eigenvalue weighted by atomic mass is 16.5. The van der Waals surface area contributed by atoms with E-state index in [0.29, 0.717) is 0 Å². The summed E-state index contributed by atoms with van der Waals surface area (Å²) in [7, 11) is 2.75. The van der Waals surface area contributed by atoms with Gasteiger partial charge in [-0.1, -0.05) is 0 Å². The second kappa shape index (κ2) is 2.48. The third kappa shape index (κ3) is 0.767. The van der Waals surface area contributed by atoms with E-state index in [0.717, 1.165) is 0 Å². The zero-order valence-corrected chi connectivity index (χ0v) is 5.79. The van der Waals surface area contributed by atoms with Crippen LogP contribution in [0.5, 0.6) is 0 Å². The molecule has 0 radical (unpaired) electrons. The Labute approximate surface area is 58.1 Å². The van der Waals surface area contributed by atoms with Crippen molar-refractivity contribution < 1.29 is 19.1 Å². The molecule has 0 aromatic rings. The number of ether oxygens (including phenoxy) is 2. The molecule has 0 aromatic carbocycles. The van der Waals surface area contributed by atoms with E-state index in [-0.39, 0.29) is 0 Å². The molecule has 0 heterocycles. The van der Waals surface area contributed by atoms with Gasteiger partial charge in [-0.3, -0.25) is 9.59 Å². The Morgan fingerprint density at radius 2 is 1.30 bits per heavy atom. The zero-order chi connectivity index (χ0) is 7.72. The van der Waals surface area contributed by atoms with Gasteiger partial charge < -0.3 is 9.47 Å². The standard InChI is InChI=1S/C6H8O4/c1-9-5-3(7)4(8)6(5)10-2/h5-6H,1-2H3. The Morgan fingerprint density at radius 1 is 1.00 bits per heavy atom. The lowest BCUT2D eigenvalue weighted by atomic mass is 9.88. The summed E-state index contributed by atoms with van der Waals surface area (Å²) in [4.78, 5) is 21.2. The minimum Gasteiger partial charge on any atom is -0.370 e. The van der Waals surface area contributed by atoms with Crippen molar-refractivity contribution >= 4 is 11.6 Å². The van der Waals surface area contributed by atoms with Crippen LogP contribution in [-0.4, -0.2) is 38.0 Å². The van der Waals surface area contributed by atoms with E-state index in [1.54, 1.807) is 0 Å². The summed E-state index contributed by atoms with van der Waals surface area (Å²) in [6.07, 6.45) is -1.34. The lowest BCUT2D eigenvalue weighted by Crippen LogP contribution is -2.59. The molecule has 2 atom stereocenters. The Kier molecular flexibility index (Phi) is 1.82. The highest BCUT2D eigenvalue weighted by Crippen LogP contribution is 2.17. The number of hydrogen-bond donors (Lipinski definition) is 0. The maximum atomic E-state index is 10.6. The molecule has 0 aromatic heterocycles. The number of carbonyl (C=O) groups is 2. The van der Waals surface area contributed by atoms with Gasteiger partial charge in [-0.25, -0.2) is 0 Å². The summed E-state index contributed by atoms with van der Waals surface area (Å²) < 4.78 is 9.35. The highest BCUT2D eigenvalue weighted by molar-refractivity contribution is 6.48. The minimum atomic E-state index is -0.669. The summed E-state index contributed by atoms with van der Waals surface area (Å²) in [6.45, 7) is 0. The quantitative estimate of drug-likeness (QED) is 0.474. The van der Waals surface area contributed by atoms with E-state index in [2.05, 4.69) is 9.47 Å². The molecular weight excluding hydrogens is 136 g/mol. The molecule has 0 N–H and O–H groups in total. The second-order valence-electron chi connectivity index (χ2n) is 2.04. The monoisotopic (exact) mass is 144 g/mol. The van der Waals surface area contributed by atoms with Crippen LogP contribution in [0.25, 0.3) is 0 Å². The average molecular weight is 144 g/mol. The first-order chi connectivity index (χ1) is 4.72. The molecule has 4 heteroatoms. The zero-order valence-electron chi connectivity index (χ0n) is 5.79. The Balaban J connectivity index is 2.60. The van der Waals surface area contributed by atoms with Gasteiger partial charge >= 0.3 is 0 Å². The van der Waals surface area contributed by atoms with Gasteiger partial charge in [0.05, 0.1) is 0 Å². The fraction of sp³-hybridized carbons (Fsp3) is 0.667. The maximum Gasteiger partial charge on any atom is 0.233 e. The molecule has 1 saturated carbocycles. The van der Waals surface area contributed by atoms with Crippen LogP contribution in [-0.2, 0) is 19.1 Å². The third-order valence-corrected chi connectivity index (χ3v) is 1.54. The first kappa shape index (κ1) is 7.37. The first-order valence-electron chi connectivity index (χ1n) is 2.86. The molecular formula is C6H8O4. The lowest BCUT2D eigenvalue weighted by Gasteiger charge is -2.29. The van der Waals surface area contributed by atoms with Crippen molar-refractivity contribution in [1.82, 2.24) is 0 Å². The third-order valence-electron chi connectivity index (χ3n) is 1.54. The van der Waals surface area contributed by atoms with Gasteiger partial charge in [0.2, 0.25) is 11.6 Å². The SMILES string of the molecule is COC1C(=O)C(=O)C1OC. The van der Waals surface area contributed by atoms with Crippen LogP contribution in [0.15, 0.2) is 0 Å². The summed E-state index contributed by atoms with van der Waals surface area (Å²) in [6, 6.07) is 0. The van der Waals surface area contributed by atoms with Crippen LogP contribution in [0.2, 0.25) is 0 Å². The van der Waals surface area contributed by atoms with Crippen LogP contribution >= 0.6 is 0 Å². The van der Waals surface area contributed by atoms with Gasteiger partial charge in [-0.15, -0.1) is 0 Å². The molecule has 2 unspecified atom stereocenters. The number of Topliss-reactive ketones (excluding diaryl/α,β-unsaturated/α-hetero) is 2. The molecule has 1 aliphatic rings. The highest BCUT2D eigenvalue weighted by Gasteiger charge is 2.49. The molecule has 4 nitrogen and oxygen atoms in total. The van der Waals surface area contributed by atoms with Crippen LogP contribution in [0, 0.1) is 0 Å². The molecule has 0 bridgehead atoms. The minimum absolute atomic E-state index is 0.491. The molecule has 1 aliphatic carbocycles. The van der Waals surface area contributed by atoms with E-state index < -0.39 is 23.8 Å². The smallest absolute Gasteiger partial charge is 0.233 e. The normalized spacial score (nSPS) is 32.2. The van der Waals surface area contributed by atoms with Gasteiger partial charge in [0.25, 0.3) is 0 Å². The molecule has 0 amide bonds. The molecule has 1 fully saturated rings. The number of methoxy groups -OCH3 is 2. The second-order valence-corrected chi connectivity index (χ2v) is 2.04. The molecule has 0 aliphatic heterocycles. The predicted octanol–water partition coefficient (Wildman–Crippen LogP) is -0.832. The topological polar surface area (TPSA) is 52.6 Å². The number of hydrogen-bond acceptors (Lipinski definition) is 4. The maximum absolute atomic E-state index is 10.6. The van der Waals surface area contributed by atoms with E-state index in [1.165, 1.54) is 14.2 Å². The molecule has 10 heavy (non-hydrogen) atoms. The molecule has 1 rings (SSSR count). The largest absolute Gasteiger partial charge is 0.370 e. The first-order valence-corrected chi connectivity index (χ1v) is 2.86. The lowest BCUT2D eigenvalue weighted by molar-refractivity contribution is -0.170. The van der Waals surface area contributed by atoms with Crippen molar-refractivity contribution in [2.75, 3.05) is 14.2 Å². The van der Waals surface area contributed by atoms with Crippen molar-refractivity contribution in [2.45, 2.75) is 12.2 Å². The van der Waals surface area contributed by atoms with E-state index in [9.17, 15) is 9.59 Å². The number of ketones is 2. The summed E-state index contributed by atoms with van der Waals surface area (Å²) in [5, 5.41) is 0. The van der Waals surface area contributed by atoms with Gasteiger partial charge in [0.15, 0.2) is 12.2 Å². The Morgan fingerprint density at radius 3 is 1.50 bits per heavy atom. The summed E-state index contributed by atoms with van der Waals surface area (Å²) in [5.74, 6) is -0.983. The van der Waals surface area contributed by atoms with Gasteiger partial charge in [0.1, 0.15) is 0 Å². The van der Waals surface area contributed by atoms with Crippen molar-refractivity contribution in [1.29, 1.82) is 0 Å². The van der Waals surface area contributed by atoms with E-state index in [4.69, 9.17) is 0 Å². The van der Waals surface area contributed by atoms with Crippen LogP contribution in [0.1, 0.15) is 0 Å². The van der Waals surface area contributed by atoms with Gasteiger partial charge in [0, 0.05) is 14.2 Å². The molecule has 0 saturated heterocycles. The molecule has 0 spiro atoms. The van der Waals surface area contributed by atoms with Crippen molar-refractivity contribution in [3.05, 3.63) is 0 Å². The van der Waals surface area contributed by atoms with Crippen molar-refractivity contribution in [3.8, 4) is 0 Å². The molecule has 56 valence electrons. The summed E-state index contributed by atoms with van der Waals surface area (Å²) >= 11 is 0. The van der Waals surface area contributed by atoms with Crippen LogP contribution < -0.4 is 0 Å². The van der Waals surface area contributed by atoms with Gasteiger partial charge in [-0.05, 0) is 0 Å². The van der Waals surface area contributed by atoms with Crippen molar-refractivity contribution in [2.24, 2.45) is 0 Å². The van der Waals surface area contributed by atoms with Crippen molar-refractivity contribution in [3.63, 3.8) is 0 Å². The fourth-order valence-electron chi connectivity index (χ4n) is 0.920.